The number of nitrogens with zero attached hydrogens (tertiary/aromatic N) is 4. The summed E-state index contributed by atoms with van der Waals surface area (Å²) in [5.74, 6) is 0.793. The summed E-state index contributed by atoms with van der Waals surface area (Å²) in [6, 6.07) is 20.0. The number of hydrogen-bond acceptors (Lipinski definition) is 4. The van der Waals surface area contributed by atoms with E-state index in [0.29, 0.717) is 18.8 Å². The van der Waals surface area contributed by atoms with Crippen molar-refractivity contribution in [1.82, 2.24) is 14.7 Å². The Bertz CT molecular complexity index is 942. The molecule has 28 heavy (non-hydrogen) atoms. The third-order valence-electron chi connectivity index (χ3n) is 5.17. The van der Waals surface area contributed by atoms with Crippen molar-refractivity contribution in [3.63, 3.8) is 0 Å². The van der Waals surface area contributed by atoms with E-state index in [1.807, 2.05) is 60.5 Å². The van der Waals surface area contributed by atoms with Gasteiger partial charge in [0, 0.05) is 44.5 Å². The van der Waals surface area contributed by atoms with Crippen molar-refractivity contribution < 1.29 is 9.53 Å². The second-order valence-electron chi connectivity index (χ2n) is 6.88. The van der Waals surface area contributed by atoms with Gasteiger partial charge in [-0.3, -0.25) is 9.48 Å². The van der Waals surface area contributed by atoms with Gasteiger partial charge in [0.05, 0.1) is 12.8 Å². The monoisotopic (exact) mass is 376 g/mol. The zero-order valence-electron chi connectivity index (χ0n) is 16.2. The summed E-state index contributed by atoms with van der Waals surface area (Å²) in [6.45, 7) is 3.05. The third kappa shape index (κ3) is 3.58. The Kier molecular flexibility index (Phi) is 5.02. The fourth-order valence-corrected chi connectivity index (χ4v) is 3.57. The smallest absolute Gasteiger partial charge is 0.274 e. The number of carbonyl (C=O) groups excluding carboxylic acids is 1. The highest BCUT2D eigenvalue weighted by Crippen LogP contribution is 2.24. The number of amides is 1. The average molecular weight is 376 g/mol. The Balaban J connectivity index is 1.45. The number of aromatic nitrogens is 2. The molecule has 6 heteroatoms. The highest BCUT2D eigenvalue weighted by Gasteiger charge is 2.24. The van der Waals surface area contributed by atoms with Crippen LogP contribution in [0.3, 0.4) is 0 Å². The molecule has 0 spiro atoms. The van der Waals surface area contributed by atoms with E-state index in [1.54, 1.807) is 11.8 Å². The number of benzene rings is 2. The second-order valence-corrected chi connectivity index (χ2v) is 6.88. The first kappa shape index (κ1) is 18.1. The largest absolute Gasteiger partial charge is 0.497 e. The zero-order chi connectivity index (χ0) is 19.5. The Labute approximate surface area is 164 Å². The highest BCUT2D eigenvalue weighted by atomic mass is 16.5. The molecule has 0 unspecified atom stereocenters. The van der Waals surface area contributed by atoms with E-state index in [9.17, 15) is 4.79 Å². The SMILES string of the molecule is COc1ccc(-c2cc(C(=O)N3CCN(c4ccccc4)CC3)nn2C)cc1. The Morgan fingerprint density at radius 2 is 1.64 bits per heavy atom. The molecule has 0 radical (unpaired) electrons. The molecule has 1 saturated heterocycles. The van der Waals surface area contributed by atoms with Crippen LogP contribution in [-0.4, -0.2) is 53.9 Å². The molecule has 1 amide bonds. The topological polar surface area (TPSA) is 50.6 Å². The molecule has 1 aromatic heterocycles. The van der Waals surface area contributed by atoms with E-state index in [0.717, 1.165) is 30.1 Å². The predicted molar refractivity (Wildman–Crippen MR) is 110 cm³/mol. The predicted octanol–water partition coefficient (Wildman–Crippen LogP) is 3.06. The van der Waals surface area contributed by atoms with Gasteiger partial charge in [0.25, 0.3) is 5.91 Å². The number of aryl methyl sites for hydroxylation is 1. The molecular weight excluding hydrogens is 352 g/mol. The molecule has 6 nitrogen and oxygen atoms in total. The van der Waals surface area contributed by atoms with E-state index >= 15 is 0 Å². The van der Waals surface area contributed by atoms with Gasteiger partial charge in [-0.1, -0.05) is 18.2 Å². The van der Waals surface area contributed by atoms with Crippen molar-refractivity contribution in [1.29, 1.82) is 0 Å². The van der Waals surface area contributed by atoms with Crippen LogP contribution in [0.5, 0.6) is 5.75 Å². The van der Waals surface area contributed by atoms with Crippen molar-refractivity contribution in [2.24, 2.45) is 7.05 Å². The van der Waals surface area contributed by atoms with E-state index in [2.05, 4.69) is 22.1 Å². The summed E-state index contributed by atoms with van der Waals surface area (Å²) in [4.78, 5) is 17.2. The van der Waals surface area contributed by atoms with E-state index in [-0.39, 0.29) is 5.91 Å². The molecule has 4 rings (SSSR count). The number of carbonyl (C=O) groups is 1. The molecular formula is C22H24N4O2. The molecule has 2 heterocycles. The first-order chi connectivity index (χ1) is 13.7. The van der Waals surface area contributed by atoms with Crippen LogP contribution in [-0.2, 0) is 7.05 Å². The lowest BCUT2D eigenvalue weighted by molar-refractivity contribution is 0.0740. The molecule has 1 aliphatic heterocycles. The summed E-state index contributed by atoms with van der Waals surface area (Å²) in [7, 11) is 3.51. The van der Waals surface area contributed by atoms with Gasteiger partial charge in [-0.15, -0.1) is 0 Å². The van der Waals surface area contributed by atoms with Gasteiger partial charge in [0.1, 0.15) is 5.75 Å². The number of ether oxygens (including phenoxy) is 1. The fourth-order valence-electron chi connectivity index (χ4n) is 3.57. The molecule has 0 aliphatic carbocycles. The first-order valence-electron chi connectivity index (χ1n) is 9.43. The normalized spacial score (nSPS) is 14.2. The van der Waals surface area contributed by atoms with E-state index < -0.39 is 0 Å². The Morgan fingerprint density at radius 3 is 2.29 bits per heavy atom. The summed E-state index contributed by atoms with van der Waals surface area (Å²) in [5, 5.41) is 4.46. The minimum absolute atomic E-state index is 0.0110. The summed E-state index contributed by atoms with van der Waals surface area (Å²) >= 11 is 0. The van der Waals surface area contributed by atoms with Gasteiger partial charge in [0.2, 0.25) is 0 Å². The van der Waals surface area contributed by atoms with Crippen LogP contribution in [0.25, 0.3) is 11.3 Å². The number of para-hydroxylation sites is 1. The fraction of sp³-hybridized carbons (Fsp3) is 0.273. The van der Waals surface area contributed by atoms with E-state index in [4.69, 9.17) is 4.74 Å². The van der Waals surface area contributed by atoms with Crippen LogP contribution < -0.4 is 9.64 Å². The van der Waals surface area contributed by atoms with Crippen LogP contribution in [0.1, 0.15) is 10.5 Å². The maximum absolute atomic E-state index is 13.0. The second kappa shape index (κ2) is 7.76. The minimum atomic E-state index is -0.0110. The maximum Gasteiger partial charge on any atom is 0.274 e. The first-order valence-corrected chi connectivity index (χ1v) is 9.43. The molecule has 144 valence electrons. The van der Waals surface area contributed by atoms with Crippen molar-refractivity contribution >= 4 is 11.6 Å². The molecule has 0 saturated carbocycles. The number of methoxy groups -OCH3 is 1. The van der Waals surface area contributed by atoms with E-state index in [1.165, 1.54) is 5.69 Å². The third-order valence-corrected chi connectivity index (χ3v) is 5.17. The van der Waals surface area contributed by atoms with Crippen LogP contribution >= 0.6 is 0 Å². The van der Waals surface area contributed by atoms with Gasteiger partial charge in [-0.2, -0.15) is 5.10 Å². The Hall–Kier alpha value is -3.28. The lowest BCUT2D eigenvalue weighted by Crippen LogP contribution is -2.48. The quantitative estimate of drug-likeness (QED) is 0.702. The van der Waals surface area contributed by atoms with Gasteiger partial charge in [-0.05, 0) is 42.5 Å². The van der Waals surface area contributed by atoms with Crippen LogP contribution in [0.2, 0.25) is 0 Å². The molecule has 0 N–H and O–H groups in total. The number of anilines is 1. The average Bonchev–Trinajstić information content (AvgIpc) is 3.15. The molecule has 0 atom stereocenters. The molecule has 1 fully saturated rings. The highest BCUT2D eigenvalue weighted by molar-refractivity contribution is 5.93. The van der Waals surface area contributed by atoms with Crippen molar-refractivity contribution in [2.75, 3.05) is 38.2 Å². The molecule has 2 aromatic carbocycles. The van der Waals surface area contributed by atoms with Crippen molar-refractivity contribution in [3.8, 4) is 17.0 Å². The van der Waals surface area contributed by atoms with Crippen LogP contribution in [0, 0.1) is 0 Å². The van der Waals surface area contributed by atoms with Gasteiger partial charge in [0.15, 0.2) is 5.69 Å². The number of rotatable bonds is 4. The maximum atomic E-state index is 13.0. The standard InChI is InChI=1S/C22H24N4O2/c1-24-21(17-8-10-19(28-2)11-9-17)16-20(23-24)22(27)26-14-12-25(13-15-26)18-6-4-3-5-7-18/h3-11,16H,12-15H2,1-2H3. The summed E-state index contributed by atoms with van der Waals surface area (Å²) in [6.07, 6.45) is 0. The molecule has 0 bridgehead atoms. The molecule has 3 aromatic rings. The van der Waals surface area contributed by atoms with Gasteiger partial charge in [-0.25, -0.2) is 0 Å². The number of piperazine rings is 1. The number of hydrogen-bond donors (Lipinski definition) is 0. The zero-order valence-corrected chi connectivity index (χ0v) is 16.2. The summed E-state index contributed by atoms with van der Waals surface area (Å²) < 4.78 is 6.97. The minimum Gasteiger partial charge on any atom is -0.497 e. The lowest BCUT2D eigenvalue weighted by atomic mass is 10.1. The van der Waals surface area contributed by atoms with Crippen LogP contribution in [0.15, 0.2) is 60.7 Å². The van der Waals surface area contributed by atoms with Crippen LogP contribution in [0.4, 0.5) is 5.69 Å². The molecule has 1 aliphatic rings. The van der Waals surface area contributed by atoms with Gasteiger partial charge >= 0.3 is 0 Å². The Morgan fingerprint density at radius 1 is 0.964 bits per heavy atom. The van der Waals surface area contributed by atoms with Crippen molar-refractivity contribution in [3.05, 3.63) is 66.4 Å². The van der Waals surface area contributed by atoms with Crippen molar-refractivity contribution in [2.45, 2.75) is 0 Å². The van der Waals surface area contributed by atoms with Gasteiger partial charge < -0.3 is 14.5 Å². The lowest BCUT2D eigenvalue weighted by Gasteiger charge is -2.35. The summed E-state index contributed by atoms with van der Waals surface area (Å²) in [5.41, 5.74) is 3.60.